The topological polar surface area (TPSA) is 124 Å². The van der Waals surface area contributed by atoms with Crippen molar-refractivity contribution in [1.82, 2.24) is 25.2 Å². The summed E-state index contributed by atoms with van der Waals surface area (Å²) < 4.78 is 42.0. The second-order valence-corrected chi connectivity index (χ2v) is 6.68. The maximum atomic E-state index is 13.8. The molecule has 2 N–H and O–H groups in total. The van der Waals surface area contributed by atoms with E-state index in [-0.39, 0.29) is 27.8 Å². The van der Waals surface area contributed by atoms with Gasteiger partial charge < -0.3 is 5.32 Å². The fourth-order valence-corrected chi connectivity index (χ4v) is 3.10. The summed E-state index contributed by atoms with van der Waals surface area (Å²) in [6.45, 7) is 0.441. The van der Waals surface area contributed by atoms with E-state index in [0.717, 1.165) is 12.4 Å². The van der Waals surface area contributed by atoms with E-state index in [1.54, 1.807) is 6.21 Å². The molecule has 1 aliphatic heterocycles. The molecule has 0 unspecified atom stereocenters. The third-order valence-corrected chi connectivity index (χ3v) is 4.53. The van der Waals surface area contributed by atoms with Gasteiger partial charge in [0.25, 0.3) is 5.91 Å². The monoisotopic (exact) mass is 461 g/mol. The Morgan fingerprint density at radius 2 is 2.12 bits per heavy atom. The van der Waals surface area contributed by atoms with Crippen LogP contribution in [0.4, 0.5) is 24.7 Å². The standard InChI is InChI=1S/C18H11ClF3N9O/c19-13-9-24-2-1-14(13)30-15(18(20,21)22)12(8-28-30)17(32)29-11-5-10(6-23)16(25-7-11)31-26-3-4-27-31/h1-3,5,7-9,27H,4H2,(H,29,32). The van der Waals surface area contributed by atoms with Gasteiger partial charge in [0.15, 0.2) is 11.5 Å². The van der Waals surface area contributed by atoms with Crippen LogP contribution in [-0.2, 0) is 6.18 Å². The molecule has 0 aromatic carbocycles. The molecule has 0 spiro atoms. The van der Waals surface area contributed by atoms with E-state index < -0.39 is 23.3 Å². The van der Waals surface area contributed by atoms with Gasteiger partial charge in [0.2, 0.25) is 0 Å². The molecular formula is C18H11ClF3N9O. The molecule has 0 saturated carbocycles. The van der Waals surface area contributed by atoms with E-state index in [2.05, 4.69) is 30.9 Å². The number of amides is 1. The average Bonchev–Trinajstić information content (AvgIpc) is 3.44. The van der Waals surface area contributed by atoms with Crippen LogP contribution < -0.4 is 15.9 Å². The van der Waals surface area contributed by atoms with Gasteiger partial charge in [-0.15, -0.1) is 0 Å². The highest BCUT2D eigenvalue weighted by Gasteiger charge is 2.41. The highest BCUT2D eigenvalue weighted by molar-refractivity contribution is 6.32. The zero-order valence-corrected chi connectivity index (χ0v) is 16.6. The van der Waals surface area contributed by atoms with Crippen LogP contribution in [0.5, 0.6) is 0 Å². The van der Waals surface area contributed by atoms with Crippen molar-refractivity contribution in [3.63, 3.8) is 0 Å². The van der Waals surface area contributed by atoms with Gasteiger partial charge in [-0.25, -0.2) is 15.1 Å². The molecule has 1 amide bonds. The minimum absolute atomic E-state index is 0.0151. The predicted octanol–water partition coefficient (Wildman–Crippen LogP) is 2.77. The maximum Gasteiger partial charge on any atom is 0.434 e. The quantitative estimate of drug-likeness (QED) is 0.612. The van der Waals surface area contributed by atoms with Gasteiger partial charge >= 0.3 is 6.18 Å². The van der Waals surface area contributed by atoms with Crippen LogP contribution in [0, 0.1) is 11.3 Å². The molecule has 10 nitrogen and oxygen atoms in total. The van der Waals surface area contributed by atoms with Crippen molar-refractivity contribution in [2.24, 2.45) is 5.10 Å². The largest absolute Gasteiger partial charge is 0.434 e. The number of nitriles is 1. The number of nitrogens with zero attached hydrogens (tertiary/aromatic N) is 7. The van der Waals surface area contributed by atoms with Crippen LogP contribution in [0.3, 0.4) is 0 Å². The Hall–Kier alpha value is -4.02. The predicted molar refractivity (Wildman–Crippen MR) is 107 cm³/mol. The number of halogens is 4. The highest BCUT2D eigenvalue weighted by atomic mass is 35.5. The van der Waals surface area contributed by atoms with Gasteiger partial charge in [0.05, 0.1) is 40.9 Å². The summed E-state index contributed by atoms with van der Waals surface area (Å²) in [7, 11) is 0. The van der Waals surface area contributed by atoms with Gasteiger partial charge in [-0.3, -0.25) is 9.78 Å². The van der Waals surface area contributed by atoms with E-state index in [1.807, 2.05) is 6.07 Å². The van der Waals surface area contributed by atoms with Gasteiger partial charge in [-0.2, -0.15) is 33.8 Å². The Bertz CT molecular complexity index is 1270. The second kappa shape index (κ2) is 8.25. The van der Waals surface area contributed by atoms with Gasteiger partial charge in [0, 0.05) is 18.6 Å². The molecule has 32 heavy (non-hydrogen) atoms. The van der Waals surface area contributed by atoms with E-state index in [0.29, 0.717) is 11.2 Å². The lowest BCUT2D eigenvalue weighted by Gasteiger charge is -2.15. The number of rotatable bonds is 4. The molecular weight excluding hydrogens is 451 g/mol. The summed E-state index contributed by atoms with van der Waals surface area (Å²) >= 11 is 5.95. The Kier molecular flexibility index (Phi) is 5.47. The highest BCUT2D eigenvalue weighted by Crippen LogP contribution is 2.35. The fraction of sp³-hybridized carbons (Fsp3) is 0.111. The summed E-state index contributed by atoms with van der Waals surface area (Å²) in [4.78, 5) is 20.5. The first kappa shape index (κ1) is 21.2. The average molecular weight is 462 g/mol. The Morgan fingerprint density at radius 3 is 2.78 bits per heavy atom. The molecule has 4 heterocycles. The molecule has 0 atom stereocenters. The van der Waals surface area contributed by atoms with Crippen molar-refractivity contribution < 1.29 is 18.0 Å². The summed E-state index contributed by atoms with van der Waals surface area (Å²) in [5, 5.41) is 20.6. The summed E-state index contributed by atoms with van der Waals surface area (Å²) in [5.41, 5.74) is 0.754. The number of alkyl halides is 3. The number of hydrazine groups is 1. The van der Waals surface area contributed by atoms with Crippen LogP contribution in [0.15, 0.2) is 42.0 Å². The summed E-state index contributed by atoms with van der Waals surface area (Å²) in [6, 6.07) is 4.42. The normalized spacial score (nSPS) is 13.3. The number of nitrogens with one attached hydrogen (secondary N) is 2. The number of pyridine rings is 2. The number of hydrazone groups is 1. The number of anilines is 2. The number of hydrogen-bond donors (Lipinski definition) is 2. The zero-order chi connectivity index (χ0) is 22.9. The van der Waals surface area contributed by atoms with Crippen molar-refractivity contribution >= 4 is 35.2 Å². The minimum atomic E-state index is -4.92. The number of carbonyl (C=O) groups is 1. The lowest BCUT2D eigenvalue weighted by molar-refractivity contribution is -0.143. The molecule has 3 aromatic rings. The third-order valence-electron chi connectivity index (χ3n) is 4.24. The Morgan fingerprint density at radius 1 is 1.31 bits per heavy atom. The fourth-order valence-electron chi connectivity index (χ4n) is 2.91. The first-order valence-electron chi connectivity index (χ1n) is 8.82. The zero-order valence-electron chi connectivity index (χ0n) is 15.8. The van der Waals surface area contributed by atoms with Crippen molar-refractivity contribution in [2.45, 2.75) is 6.18 Å². The van der Waals surface area contributed by atoms with Crippen LogP contribution in [0.25, 0.3) is 5.69 Å². The molecule has 0 bridgehead atoms. The van der Waals surface area contributed by atoms with Crippen molar-refractivity contribution in [3.8, 4) is 11.8 Å². The third kappa shape index (κ3) is 3.96. The minimum Gasteiger partial charge on any atom is -0.320 e. The molecule has 14 heteroatoms. The smallest absolute Gasteiger partial charge is 0.320 e. The van der Waals surface area contributed by atoms with Gasteiger partial charge in [-0.1, -0.05) is 11.6 Å². The first-order valence-corrected chi connectivity index (χ1v) is 9.20. The first-order chi connectivity index (χ1) is 15.3. The molecule has 0 radical (unpaired) electrons. The van der Waals surface area contributed by atoms with Crippen LogP contribution in [0.2, 0.25) is 5.02 Å². The van der Waals surface area contributed by atoms with Crippen LogP contribution in [0.1, 0.15) is 21.6 Å². The lowest BCUT2D eigenvalue weighted by atomic mass is 10.2. The van der Waals surface area contributed by atoms with Crippen molar-refractivity contribution in [3.05, 3.63) is 58.8 Å². The number of hydrogen-bond acceptors (Lipinski definition) is 8. The van der Waals surface area contributed by atoms with E-state index >= 15 is 0 Å². The van der Waals surface area contributed by atoms with E-state index in [9.17, 15) is 23.2 Å². The van der Waals surface area contributed by atoms with Crippen LogP contribution >= 0.6 is 11.6 Å². The van der Waals surface area contributed by atoms with Gasteiger partial charge in [-0.05, 0) is 12.1 Å². The van der Waals surface area contributed by atoms with E-state index in [4.69, 9.17) is 11.6 Å². The summed E-state index contributed by atoms with van der Waals surface area (Å²) in [5.74, 6) is -0.917. The van der Waals surface area contributed by atoms with E-state index in [1.165, 1.54) is 29.6 Å². The second-order valence-electron chi connectivity index (χ2n) is 6.28. The van der Waals surface area contributed by atoms with Gasteiger partial charge in [0.1, 0.15) is 11.6 Å². The molecule has 4 rings (SSSR count). The number of aromatic nitrogens is 4. The van der Waals surface area contributed by atoms with Crippen LogP contribution in [-0.4, -0.2) is 38.4 Å². The maximum absolute atomic E-state index is 13.8. The van der Waals surface area contributed by atoms with Crippen molar-refractivity contribution in [1.29, 1.82) is 5.26 Å². The lowest BCUT2D eigenvalue weighted by Crippen LogP contribution is -2.29. The molecule has 1 aliphatic rings. The SMILES string of the molecule is N#Cc1cc(NC(=O)c2cnn(-c3ccncc3Cl)c2C(F)(F)F)cnc1N1N=CCN1. The summed E-state index contributed by atoms with van der Waals surface area (Å²) in [6.07, 6.45) is 1.03. The Balaban J connectivity index is 1.68. The van der Waals surface area contributed by atoms with Crippen molar-refractivity contribution in [2.75, 3.05) is 17.0 Å². The molecule has 3 aromatic heterocycles. The number of carbonyl (C=O) groups excluding carboxylic acids is 1. The molecule has 0 fully saturated rings. The molecule has 0 aliphatic carbocycles. The Labute approximate surface area is 182 Å². The molecule has 0 saturated heterocycles. The molecule has 162 valence electrons.